The number of carbonyl (C=O) groups is 1. The summed E-state index contributed by atoms with van der Waals surface area (Å²) in [6.45, 7) is 5.45. The molecule has 0 atom stereocenters. The van der Waals surface area contributed by atoms with E-state index < -0.39 is 0 Å². The normalized spacial score (nSPS) is 10.5. The summed E-state index contributed by atoms with van der Waals surface area (Å²) in [4.78, 5) is 11.2. The van der Waals surface area contributed by atoms with Crippen molar-refractivity contribution in [3.05, 3.63) is 17.5 Å². The van der Waals surface area contributed by atoms with E-state index in [1.54, 1.807) is 13.0 Å². The fourth-order valence-corrected chi connectivity index (χ4v) is 0.778. The van der Waals surface area contributed by atoms with E-state index in [0.717, 1.165) is 0 Å². The van der Waals surface area contributed by atoms with E-state index in [-0.39, 0.29) is 11.7 Å². The van der Waals surface area contributed by atoms with Crippen molar-refractivity contribution >= 4 is 5.78 Å². The Labute approximate surface area is 65.4 Å². The predicted octanol–water partition coefficient (Wildman–Crippen LogP) is 1.82. The molecule has 0 saturated carbocycles. The second-order valence-corrected chi connectivity index (χ2v) is 2.84. The molecule has 0 N–H and O–H groups in total. The molecule has 0 spiro atoms. The third-order valence-electron chi connectivity index (χ3n) is 1.40. The second kappa shape index (κ2) is 2.86. The molecule has 0 aromatic carbocycles. The lowest BCUT2D eigenvalue weighted by molar-refractivity contribution is 0.0930. The van der Waals surface area contributed by atoms with Crippen molar-refractivity contribution in [2.75, 3.05) is 0 Å². The molecule has 0 aliphatic carbocycles. The van der Waals surface area contributed by atoms with Crippen LogP contribution in [-0.2, 0) is 0 Å². The summed E-state index contributed by atoms with van der Waals surface area (Å²) in [5.74, 6) is 0.690. The lowest BCUT2D eigenvalue weighted by Gasteiger charge is -1.96. The largest absolute Gasteiger partial charge is 0.361 e. The summed E-state index contributed by atoms with van der Waals surface area (Å²) >= 11 is 0. The Morgan fingerprint density at radius 1 is 1.64 bits per heavy atom. The maximum atomic E-state index is 11.2. The van der Waals surface area contributed by atoms with Crippen molar-refractivity contribution < 1.29 is 9.32 Å². The minimum atomic E-state index is -0.0144. The van der Waals surface area contributed by atoms with E-state index in [1.807, 2.05) is 13.8 Å². The fraction of sp³-hybridized carbons (Fsp3) is 0.500. The first-order chi connectivity index (χ1) is 5.11. The van der Waals surface area contributed by atoms with Crippen LogP contribution in [0.2, 0.25) is 0 Å². The first-order valence-corrected chi connectivity index (χ1v) is 3.59. The van der Waals surface area contributed by atoms with Gasteiger partial charge in [-0.15, -0.1) is 0 Å². The van der Waals surface area contributed by atoms with Crippen molar-refractivity contribution in [2.24, 2.45) is 5.92 Å². The van der Waals surface area contributed by atoms with Crippen LogP contribution in [0.1, 0.15) is 30.1 Å². The van der Waals surface area contributed by atoms with E-state index in [4.69, 9.17) is 4.52 Å². The Morgan fingerprint density at radius 3 is 2.64 bits per heavy atom. The van der Waals surface area contributed by atoms with Crippen LogP contribution >= 0.6 is 0 Å². The molecule has 0 aliphatic heterocycles. The Kier molecular flexibility index (Phi) is 2.08. The van der Waals surface area contributed by atoms with Gasteiger partial charge in [0.15, 0.2) is 5.78 Å². The second-order valence-electron chi connectivity index (χ2n) is 2.84. The Hall–Kier alpha value is -1.12. The summed E-state index contributed by atoms with van der Waals surface area (Å²) in [7, 11) is 0. The number of carbonyl (C=O) groups excluding carboxylic acids is 1. The number of hydrogen-bond donors (Lipinski definition) is 0. The molecule has 11 heavy (non-hydrogen) atoms. The van der Waals surface area contributed by atoms with Crippen LogP contribution in [0.5, 0.6) is 0 Å². The molecule has 1 rings (SSSR count). The van der Waals surface area contributed by atoms with Crippen molar-refractivity contribution in [1.82, 2.24) is 5.16 Å². The molecule has 0 fully saturated rings. The van der Waals surface area contributed by atoms with Gasteiger partial charge in [-0.2, -0.15) is 0 Å². The molecule has 3 heteroatoms. The molecule has 1 heterocycles. The van der Waals surface area contributed by atoms with Gasteiger partial charge in [-0.1, -0.05) is 19.0 Å². The van der Waals surface area contributed by atoms with Gasteiger partial charge in [0.05, 0.1) is 0 Å². The third kappa shape index (κ3) is 1.67. The summed E-state index contributed by atoms with van der Waals surface area (Å²) in [6.07, 6.45) is 0. The van der Waals surface area contributed by atoms with E-state index >= 15 is 0 Å². The number of aryl methyl sites for hydroxylation is 1. The maximum absolute atomic E-state index is 11.2. The number of hydrogen-bond acceptors (Lipinski definition) is 3. The van der Waals surface area contributed by atoms with Gasteiger partial charge in [0, 0.05) is 12.0 Å². The topological polar surface area (TPSA) is 43.1 Å². The quantitative estimate of drug-likeness (QED) is 0.608. The van der Waals surface area contributed by atoms with E-state index in [0.29, 0.717) is 11.5 Å². The van der Waals surface area contributed by atoms with Gasteiger partial charge in [-0.3, -0.25) is 4.79 Å². The molecule has 0 aliphatic rings. The van der Waals surface area contributed by atoms with Gasteiger partial charge in [0.25, 0.3) is 0 Å². The molecule has 1 aromatic rings. The highest BCUT2D eigenvalue weighted by atomic mass is 16.5. The van der Waals surface area contributed by atoms with Crippen LogP contribution < -0.4 is 0 Å². The third-order valence-corrected chi connectivity index (χ3v) is 1.40. The van der Waals surface area contributed by atoms with Crippen molar-refractivity contribution in [3.8, 4) is 0 Å². The SMILES string of the molecule is Cc1cc(C(=O)C(C)C)no1. The smallest absolute Gasteiger partial charge is 0.187 e. The van der Waals surface area contributed by atoms with Crippen molar-refractivity contribution in [1.29, 1.82) is 0 Å². The minimum absolute atomic E-state index is 0.0144. The van der Waals surface area contributed by atoms with Crippen LogP contribution in [0.25, 0.3) is 0 Å². The Bertz CT molecular complexity index is 263. The minimum Gasteiger partial charge on any atom is -0.361 e. The number of rotatable bonds is 2. The van der Waals surface area contributed by atoms with Gasteiger partial charge >= 0.3 is 0 Å². The average molecular weight is 153 g/mol. The number of aromatic nitrogens is 1. The highest BCUT2D eigenvalue weighted by Crippen LogP contribution is 2.07. The van der Waals surface area contributed by atoms with Gasteiger partial charge in [0.1, 0.15) is 11.5 Å². The Morgan fingerprint density at radius 2 is 2.27 bits per heavy atom. The molecule has 1 aromatic heterocycles. The van der Waals surface area contributed by atoms with Crippen molar-refractivity contribution in [3.63, 3.8) is 0 Å². The molecule has 0 saturated heterocycles. The molecule has 0 radical (unpaired) electrons. The number of Topliss-reactive ketones (excluding diaryl/α,β-unsaturated/α-hetero) is 1. The molecular formula is C8H11NO2. The summed E-state index contributed by atoms with van der Waals surface area (Å²) in [5.41, 5.74) is 0.428. The van der Waals surface area contributed by atoms with Crippen molar-refractivity contribution in [2.45, 2.75) is 20.8 Å². The highest BCUT2D eigenvalue weighted by Gasteiger charge is 2.13. The molecule has 0 bridgehead atoms. The van der Waals surface area contributed by atoms with E-state index in [2.05, 4.69) is 5.16 Å². The zero-order valence-electron chi connectivity index (χ0n) is 6.92. The number of nitrogens with zero attached hydrogens (tertiary/aromatic N) is 1. The van der Waals surface area contributed by atoms with E-state index in [1.165, 1.54) is 0 Å². The number of ketones is 1. The van der Waals surface area contributed by atoms with Crippen LogP contribution in [-0.4, -0.2) is 10.9 Å². The van der Waals surface area contributed by atoms with Crippen LogP contribution in [0.15, 0.2) is 10.6 Å². The average Bonchev–Trinajstić information content (AvgIpc) is 2.34. The Balaban J connectivity index is 2.85. The van der Waals surface area contributed by atoms with Crippen LogP contribution in [0.3, 0.4) is 0 Å². The lowest BCUT2D eigenvalue weighted by atomic mass is 10.1. The standard InChI is InChI=1S/C8H11NO2/c1-5(2)8(10)7-4-6(3)11-9-7/h4-5H,1-3H3. The van der Waals surface area contributed by atoms with Gasteiger partial charge in [-0.25, -0.2) is 0 Å². The molecule has 0 unspecified atom stereocenters. The molecule has 3 nitrogen and oxygen atoms in total. The predicted molar refractivity (Wildman–Crippen MR) is 40.4 cm³/mol. The van der Waals surface area contributed by atoms with E-state index in [9.17, 15) is 4.79 Å². The zero-order valence-corrected chi connectivity index (χ0v) is 6.92. The summed E-state index contributed by atoms with van der Waals surface area (Å²) < 4.78 is 4.76. The summed E-state index contributed by atoms with van der Waals surface area (Å²) in [5, 5.41) is 3.61. The molecule has 60 valence electrons. The lowest BCUT2D eigenvalue weighted by Crippen LogP contribution is -2.07. The maximum Gasteiger partial charge on any atom is 0.187 e. The highest BCUT2D eigenvalue weighted by molar-refractivity contribution is 5.95. The fourth-order valence-electron chi connectivity index (χ4n) is 0.778. The molecular weight excluding hydrogens is 142 g/mol. The van der Waals surface area contributed by atoms with Gasteiger partial charge in [0.2, 0.25) is 0 Å². The summed E-state index contributed by atoms with van der Waals surface area (Å²) in [6, 6.07) is 1.66. The molecule has 0 amide bonds. The first-order valence-electron chi connectivity index (χ1n) is 3.59. The monoisotopic (exact) mass is 153 g/mol. The van der Waals surface area contributed by atoms with Crippen LogP contribution in [0.4, 0.5) is 0 Å². The first kappa shape index (κ1) is 7.98. The van der Waals surface area contributed by atoms with Gasteiger partial charge < -0.3 is 4.52 Å². The zero-order chi connectivity index (χ0) is 8.43. The van der Waals surface area contributed by atoms with Crippen LogP contribution in [0, 0.1) is 12.8 Å². The van der Waals surface area contributed by atoms with Gasteiger partial charge in [-0.05, 0) is 6.92 Å².